The van der Waals surface area contributed by atoms with Crippen LogP contribution in [0, 0.1) is 0 Å². The molecule has 0 fully saturated rings. The van der Waals surface area contributed by atoms with Crippen molar-refractivity contribution in [1.29, 1.82) is 0 Å². The summed E-state index contributed by atoms with van der Waals surface area (Å²) < 4.78 is 5.85. The number of hydrogen-bond donors (Lipinski definition) is 0. The molecule has 0 saturated heterocycles. The van der Waals surface area contributed by atoms with E-state index in [9.17, 15) is 0 Å². The predicted molar refractivity (Wildman–Crippen MR) is 87.0 cm³/mol. The largest absolute Gasteiger partial charge is 0.476 e. The number of fused-ring (bicyclic) bond motifs is 1. The van der Waals surface area contributed by atoms with Gasteiger partial charge in [-0.1, -0.05) is 12.1 Å². The molecule has 1 aromatic carbocycles. The Morgan fingerprint density at radius 2 is 1.76 bits per heavy atom. The van der Waals surface area contributed by atoms with Gasteiger partial charge in [-0.25, -0.2) is 4.98 Å². The van der Waals surface area contributed by atoms with Crippen LogP contribution in [0.15, 0.2) is 24.3 Å². The third-order valence-electron chi connectivity index (χ3n) is 3.46. The van der Waals surface area contributed by atoms with Gasteiger partial charge in [-0.05, 0) is 51.4 Å². The Kier molecular flexibility index (Phi) is 5.37. The average molecular weight is 308 g/mol. The summed E-state index contributed by atoms with van der Waals surface area (Å²) in [5.74, 6) is 0.554. The summed E-state index contributed by atoms with van der Waals surface area (Å²) in [5.41, 5.74) is 0.803. The van der Waals surface area contributed by atoms with E-state index < -0.39 is 0 Å². The minimum atomic E-state index is 0.216. The predicted octanol–water partition coefficient (Wildman–Crippen LogP) is 3.78. The van der Waals surface area contributed by atoms with Gasteiger partial charge in [-0.15, -0.1) is 0 Å². The number of aromatic nitrogens is 2. The van der Waals surface area contributed by atoms with Crippen molar-refractivity contribution in [3.05, 3.63) is 29.5 Å². The van der Waals surface area contributed by atoms with E-state index in [1.165, 1.54) is 0 Å². The lowest BCUT2D eigenvalue weighted by atomic mass is 10.2. The van der Waals surface area contributed by atoms with Gasteiger partial charge < -0.3 is 4.74 Å². The Bertz CT molecular complexity index is 593. The van der Waals surface area contributed by atoms with Crippen LogP contribution in [0.2, 0.25) is 5.28 Å². The molecular weight excluding hydrogens is 286 g/mol. The fourth-order valence-electron chi connectivity index (χ4n) is 2.49. The van der Waals surface area contributed by atoms with E-state index in [0.717, 1.165) is 17.4 Å². The third-order valence-corrected chi connectivity index (χ3v) is 3.62. The topological polar surface area (TPSA) is 38.2 Å². The highest BCUT2D eigenvalue weighted by Gasteiger charge is 2.14. The number of benzene rings is 1. The molecule has 1 aromatic heterocycles. The quantitative estimate of drug-likeness (QED) is 0.761. The summed E-state index contributed by atoms with van der Waals surface area (Å²) in [6.45, 7) is 10.2. The van der Waals surface area contributed by atoms with Crippen molar-refractivity contribution in [2.75, 3.05) is 13.2 Å². The van der Waals surface area contributed by atoms with Gasteiger partial charge in [0, 0.05) is 18.6 Å². The number of nitrogens with zero attached hydrogens (tertiary/aromatic N) is 3. The zero-order valence-corrected chi connectivity index (χ0v) is 13.8. The molecule has 0 bridgehead atoms. The molecule has 2 rings (SSSR count). The molecule has 0 saturated carbocycles. The zero-order chi connectivity index (χ0) is 15.4. The van der Waals surface area contributed by atoms with Gasteiger partial charge >= 0.3 is 0 Å². The minimum absolute atomic E-state index is 0.216. The van der Waals surface area contributed by atoms with Crippen molar-refractivity contribution in [3.63, 3.8) is 0 Å². The van der Waals surface area contributed by atoms with E-state index in [-0.39, 0.29) is 5.28 Å². The number of rotatable bonds is 6. The first kappa shape index (κ1) is 16.0. The first-order chi connectivity index (χ1) is 9.99. The average Bonchev–Trinajstić information content (AvgIpc) is 2.42. The Hall–Kier alpha value is -1.39. The van der Waals surface area contributed by atoms with Crippen LogP contribution < -0.4 is 4.74 Å². The molecule has 0 aliphatic carbocycles. The lowest BCUT2D eigenvalue weighted by molar-refractivity contribution is 0.141. The highest BCUT2D eigenvalue weighted by molar-refractivity contribution is 6.28. The molecule has 21 heavy (non-hydrogen) atoms. The van der Waals surface area contributed by atoms with E-state index in [4.69, 9.17) is 16.3 Å². The fourth-order valence-corrected chi connectivity index (χ4v) is 2.66. The molecule has 4 nitrogen and oxygen atoms in total. The van der Waals surface area contributed by atoms with Crippen LogP contribution in [0.4, 0.5) is 0 Å². The molecule has 0 aliphatic heterocycles. The van der Waals surface area contributed by atoms with Gasteiger partial charge in [-0.2, -0.15) is 4.98 Å². The fraction of sp³-hybridized carbons (Fsp3) is 0.500. The molecule has 5 heteroatoms. The van der Waals surface area contributed by atoms with E-state index in [0.29, 0.717) is 24.6 Å². The molecule has 0 amide bonds. The maximum Gasteiger partial charge on any atom is 0.226 e. The number of halogens is 1. The Labute approximate surface area is 131 Å². The van der Waals surface area contributed by atoms with Gasteiger partial charge in [0.15, 0.2) is 0 Å². The molecule has 2 aromatic rings. The van der Waals surface area contributed by atoms with E-state index in [2.05, 4.69) is 42.6 Å². The van der Waals surface area contributed by atoms with Crippen LogP contribution in [-0.2, 0) is 0 Å². The number of hydrogen-bond acceptors (Lipinski definition) is 4. The molecule has 0 unspecified atom stereocenters. The summed E-state index contributed by atoms with van der Waals surface area (Å²) in [4.78, 5) is 10.8. The van der Waals surface area contributed by atoms with E-state index >= 15 is 0 Å². The minimum Gasteiger partial charge on any atom is -0.476 e. The van der Waals surface area contributed by atoms with Crippen LogP contribution >= 0.6 is 11.6 Å². The van der Waals surface area contributed by atoms with Crippen LogP contribution in [0.3, 0.4) is 0 Å². The zero-order valence-electron chi connectivity index (χ0n) is 13.0. The monoisotopic (exact) mass is 307 g/mol. The highest BCUT2D eigenvalue weighted by Crippen LogP contribution is 2.23. The maximum atomic E-state index is 5.95. The number of ether oxygens (including phenoxy) is 1. The molecule has 0 N–H and O–H groups in total. The van der Waals surface area contributed by atoms with Crippen molar-refractivity contribution < 1.29 is 4.74 Å². The van der Waals surface area contributed by atoms with Crippen LogP contribution in [0.25, 0.3) is 10.9 Å². The molecule has 114 valence electrons. The third kappa shape index (κ3) is 4.05. The normalized spacial score (nSPS) is 11.8. The first-order valence-electron chi connectivity index (χ1n) is 7.30. The molecule has 1 heterocycles. The Balaban J connectivity index is 2.10. The first-order valence-corrected chi connectivity index (χ1v) is 7.67. The van der Waals surface area contributed by atoms with E-state index in [1.54, 1.807) is 0 Å². The standard InChI is InChI=1S/C16H22ClN3O/c1-11(2)20(12(3)4)9-10-21-15-13-7-5-6-8-14(13)18-16(17)19-15/h5-8,11-12H,9-10H2,1-4H3. The van der Waals surface area contributed by atoms with Gasteiger partial charge in [0.05, 0.1) is 10.9 Å². The summed E-state index contributed by atoms with van der Waals surface area (Å²) in [5, 5.41) is 1.11. The summed E-state index contributed by atoms with van der Waals surface area (Å²) >= 11 is 5.95. The second-order valence-corrected chi connectivity index (χ2v) is 5.93. The number of para-hydroxylation sites is 1. The lowest BCUT2D eigenvalue weighted by Gasteiger charge is -2.30. The highest BCUT2D eigenvalue weighted by atomic mass is 35.5. The molecule has 0 atom stereocenters. The summed E-state index contributed by atoms with van der Waals surface area (Å²) in [6, 6.07) is 8.70. The molecular formula is C16H22ClN3O. The second-order valence-electron chi connectivity index (χ2n) is 5.59. The SMILES string of the molecule is CC(C)N(CCOc1nc(Cl)nc2ccccc12)C(C)C. The van der Waals surface area contributed by atoms with Crippen molar-refractivity contribution in [2.24, 2.45) is 0 Å². The maximum absolute atomic E-state index is 5.95. The van der Waals surface area contributed by atoms with Crippen molar-refractivity contribution in [2.45, 2.75) is 39.8 Å². The van der Waals surface area contributed by atoms with Gasteiger partial charge in [0.1, 0.15) is 6.61 Å². The van der Waals surface area contributed by atoms with Crippen LogP contribution in [0.1, 0.15) is 27.7 Å². The smallest absolute Gasteiger partial charge is 0.226 e. The van der Waals surface area contributed by atoms with Crippen LogP contribution in [-0.4, -0.2) is 40.1 Å². The Morgan fingerprint density at radius 1 is 1.10 bits per heavy atom. The van der Waals surface area contributed by atoms with Crippen molar-refractivity contribution >= 4 is 22.5 Å². The van der Waals surface area contributed by atoms with Gasteiger partial charge in [0.25, 0.3) is 0 Å². The summed E-state index contributed by atoms with van der Waals surface area (Å²) in [7, 11) is 0. The van der Waals surface area contributed by atoms with Crippen molar-refractivity contribution in [3.8, 4) is 5.88 Å². The van der Waals surface area contributed by atoms with Gasteiger partial charge in [0.2, 0.25) is 11.2 Å². The van der Waals surface area contributed by atoms with Crippen LogP contribution in [0.5, 0.6) is 5.88 Å². The second kappa shape index (κ2) is 7.05. The van der Waals surface area contributed by atoms with E-state index in [1.807, 2.05) is 24.3 Å². The molecule has 0 spiro atoms. The van der Waals surface area contributed by atoms with Gasteiger partial charge in [-0.3, -0.25) is 4.90 Å². The van der Waals surface area contributed by atoms with Crippen molar-refractivity contribution in [1.82, 2.24) is 14.9 Å². The molecule has 0 radical (unpaired) electrons. The lowest BCUT2D eigenvalue weighted by Crippen LogP contribution is -2.39. The molecule has 0 aliphatic rings. The summed E-state index contributed by atoms with van der Waals surface area (Å²) in [6.07, 6.45) is 0. The Morgan fingerprint density at radius 3 is 2.43 bits per heavy atom.